The molecule has 0 radical (unpaired) electrons. The SMILES string of the molecule is COc1cc(OC)c([C@@H]2CC(=O)Oc3nc4ccccn4c(=O)c32)c(OC)c1. The van der Waals surface area contributed by atoms with Crippen LogP contribution in [-0.2, 0) is 4.79 Å². The molecule has 0 spiro atoms. The summed E-state index contributed by atoms with van der Waals surface area (Å²) < 4.78 is 23.0. The molecule has 0 amide bonds. The summed E-state index contributed by atoms with van der Waals surface area (Å²) in [6, 6.07) is 8.54. The highest BCUT2D eigenvalue weighted by molar-refractivity contribution is 5.78. The summed E-state index contributed by atoms with van der Waals surface area (Å²) in [6.45, 7) is 0. The summed E-state index contributed by atoms with van der Waals surface area (Å²) in [5.41, 5.74) is 0.940. The summed E-state index contributed by atoms with van der Waals surface area (Å²) in [6.07, 6.45) is 1.59. The number of nitrogens with zero attached hydrogens (tertiary/aromatic N) is 2. The fourth-order valence-electron chi connectivity index (χ4n) is 3.50. The molecule has 3 heterocycles. The first-order valence-electron chi connectivity index (χ1n) is 8.59. The first-order valence-corrected chi connectivity index (χ1v) is 8.59. The van der Waals surface area contributed by atoms with Gasteiger partial charge < -0.3 is 18.9 Å². The quantitative estimate of drug-likeness (QED) is 0.639. The number of carbonyl (C=O) groups excluding carboxylic acids is 1. The molecule has 0 saturated carbocycles. The van der Waals surface area contributed by atoms with Gasteiger partial charge in [0.15, 0.2) is 0 Å². The van der Waals surface area contributed by atoms with E-state index in [1.165, 1.54) is 25.7 Å². The van der Waals surface area contributed by atoms with E-state index in [-0.39, 0.29) is 23.4 Å². The summed E-state index contributed by atoms with van der Waals surface area (Å²) in [5.74, 6) is 0.314. The molecule has 1 aliphatic heterocycles. The number of aromatic nitrogens is 2. The van der Waals surface area contributed by atoms with Gasteiger partial charge in [-0.05, 0) is 12.1 Å². The Kier molecular flexibility index (Phi) is 4.38. The molecular weight excluding hydrogens is 364 g/mol. The normalized spacial score (nSPS) is 15.7. The van der Waals surface area contributed by atoms with E-state index >= 15 is 0 Å². The van der Waals surface area contributed by atoms with E-state index in [9.17, 15) is 9.59 Å². The third-order valence-electron chi connectivity index (χ3n) is 4.77. The van der Waals surface area contributed by atoms with E-state index in [1.807, 2.05) is 0 Å². The topological polar surface area (TPSA) is 88.4 Å². The highest BCUT2D eigenvalue weighted by Crippen LogP contribution is 2.45. The van der Waals surface area contributed by atoms with Gasteiger partial charge in [-0.25, -0.2) is 0 Å². The Morgan fingerprint density at radius 2 is 1.75 bits per heavy atom. The third kappa shape index (κ3) is 2.74. The molecule has 8 heteroatoms. The lowest BCUT2D eigenvalue weighted by Gasteiger charge is -2.26. The largest absolute Gasteiger partial charge is 0.496 e. The molecule has 0 bridgehead atoms. The smallest absolute Gasteiger partial charge is 0.313 e. The van der Waals surface area contributed by atoms with Gasteiger partial charge in [0.05, 0.1) is 33.3 Å². The molecule has 1 atom stereocenters. The van der Waals surface area contributed by atoms with Crippen LogP contribution in [0.3, 0.4) is 0 Å². The van der Waals surface area contributed by atoms with Crippen LogP contribution in [0, 0.1) is 0 Å². The fourth-order valence-corrected chi connectivity index (χ4v) is 3.50. The van der Waals surface area contributed by atoms with Crippen LogP contribution in [-0.4, -0.2) is 36.7 Å². The predicted octanol–water partition coefficient (Wildman–Crippen LogP) is 2.16. The summed E-state index contributed by atoms with van der Waals surface area (Å²) in [7, 11) is 4.54. The lowest BCUT2D eigenvalue weighted by atomic mass is 9.86. The zero-order valence-electron chi connectivity index (χ0n) is 15.6. The number of hydrogen-bond acceptors (Lipinski definition) is 7. The van der Waals surface area contributed by atoms with Gasteiger partial charge in [0.2, 0.25) is 5.88 Å². The zero-order valence-corrected chi connectivity index (χ0v) is 15.6. The minimum absolute atomic E-state index is 0.0115. The van der Waals surface area contributed by atoms with Crippen molar-refractivity contribution in [2.75, 3.05) is 21.3 Å². The Balaban J connectivity index is 2.03. The molecule has 2 aromatic heterocycles. The average Bonchev–Trinajstić information content (AvgIpc) is 2.72. The van der Waals surface area contributed by atoms with Gasteiger partial charge in [-0.15, -0.1) is 0 Å². The van der Waals surface area contributed by atoms with Crippen LogP contribution >= 0.6 is 0 Å². The zero-order chi connectivity index (χ0) is 19.8. The van der Waals surface area contributed by atoms with Crippen molar-refractivity contribution in [1.29, 1.82) is 0 Å². The minimum Gasteiger partial charge on any atom is -0.496 e. The maximum absolute atomic E-state index is 13.2. The maximum atomic E-state index is 13.2. The molecule has 144 valence electrons. The van der Waals surface area contributed by atoms with Gasteiger partial charge >= 0.3 is 5.97 Å². The molecule has 28 heavy (non-hydrogen) atoms. The fraction of sp³-hybridized carbons (Fsp3) is 0.250. The van der Waals surface area contributed by atoms with E-state index in [2.05, 4.69) is 4.98 Å². The van der Waals surface area contributed by atoms with Crippen LogP contribution in [0.1, 0.15) is 23.5 Å². The molecule has 3 aromatic rings. The standard InChI is InChI=1S/C20H18N2O6/c1-25-11-8-13(26-2)17(14(9-11)27-3)12-10-16(23)28-19-18(12)20(24)22-7-5-4-6-15(22)21-19/h4-9,12H,10H2,1-3H3/t12-/m0/s1. The van der Waals surface area contributed by atoms with Crippen molar-refractivity contribution in [3.63, 3.8) is 0 Å². The Labute approximate surface area is 160 Å². The number of carbonyl (C=O) groups is 1. The number of pyridine rings is 1. The van der Waals surface area contributed by atoms with Crippen LogP contribution in [0.2, 0.25) is 0 Å². The van der Waals surface area contributed by atoms with Crippen molar-refractivity contribution in [2.45, 2.75) is 12.3 Å². The Morgan fingerprint density at radius 1 is 1.04 bits per heavy atom. The van der Waals surface area contributed by atoms with Crippen molar-refractivity contribution >= 4 is 11.6 Å². The molecule has 1 aliphatic rings. The number of rotatable bonds is 4. The predicted molar refractivity (Wildman–Crippen MR) is 99.7 cm³/mol. The van der Waals surface area contributed by atoms with Gasteiger partial charge in [0.1, 0.15) is 22.9 Å². The van der Waals surface area contributed by atoms with Crippen molar-refractivity contribution in [3.8, 4) is 23.1 Å². The van der Waals surface area contributed by atoms with Crippen molar-refractivity contribution in [3.05, 3.63) is 58.0 Å². The Hall–Kier alpha value is -3.55. The number of esters is 1. The second-order valence-electron chi connectivity index (χ2n) is 6.24. The lowest BCUT2D eigenvalue weighted by Crippen LogP contribution is -2.31. The Morgan fingerprint density at radius 3 is 2.39 bits per heavy atom. The summed E-state index contributed by atoms with van der Waals surface area (Å²) in [4.78, 5) is 29.9. The second-order valence-corrected chi connectivity index (χ2v) is 6.24. The maximum Gasteiger partial charge on any atom is 0.313 e. The van der Waals surface area contributed by atoms with Crippen LogP contribution in [0.25, 0.3) is 5.65 Å². The highest BCUT2D eigenvalue weighted by atomic mass is 16.5. The molecular formula is C20H18N2O6. The van der Waals surface area contributed by atoms with Gasteiger partial charge in [0.25, 0.3) is 5.56 Å². The van der Waals surface area contributed by atoms with Crippen molar-refractivity contribution in [2.24, 2.45) is 0 Å². The van der Waals surface area contributed by atoms with Gasteiger partial charge in [-0.1, -0.05) is 6.07 Å². The summed E-state index contributed by atoms with van der Waals surface area (Å²) >= 11 is 0. The van der Waals surface area contributed by atoms with Crippen LogP contribution in [0.5, 0.6) is 23.1 Å². The average molecular weight is 382 g/mol. The lowest BCUT2D eigenvalue weighted by molar-refractivity contribution is -0.135. The van der Waals surface area contributed by atoms with Gasteiger partial charge in [0, 0.05) is 29.8 Å². The molecule has 0 aliphatic carbocycles. The number of ether oxygens (including phenoxy) is 4. The molecule has 0 N–H and O–H groups in total. The molecule has 4 rings (SSSR count). The first kappa shape index (κ1) is 17.8. The summed E-state index contributed by atoms with van der Waals surface area (Å²) in [5, 5.41) is 0. The molecule has 0 unspecified atom stereocenters. The van der Waals surface area contributed by atoms with E-state index in [0.717, 1.165) is 0 Å². The molecule has 0 fully saturated rings. The number of methoxy groups -OCH3 is 3. The van der Waals surface area contributed by atoms with Gasteiger partial charge in [-0.2, -0.15) is 4.98 Å². The molecule has 0 saturated heterocycles. The second kappa shape index (κ2) is 6.88. The van der Waals surface area contributed by atoms with Gasteiger partial charge in [-0.3, -0.25) is 14.0 Å². The highest BCUT2D eigenvalue weighted by Gasteiger charge is 2.37. The van der Waals surface area contributed by atoms with Crippen LogP contribution in [0.15, 0.2) is 41.3 Å². The third-order valence-corrected chi connectivity index (χ3v) is 4.77. The first-order chi connectivity index (χ1) is 13.6. The number of fused-ring (bicyclic) bond motifs is 2. The van der Waals surface area contributed by atoms with E-state index < -0.39 is 11.9 Å². The number of benzene rings is 1. The molecule has 8 nitrogen and oxygen atoms in total. The van der Waals surface area contributed by atoms with Crippen LogP contribution < -0.4 is 24.5 Å². The van der Waals surface area contributed by atoms with Crippen molar-refractivity contribution < 1.29 is 23.7 Å². The van der Waals surface area contributed by atoms with E-state index in [4.69, 9.17) is 18.9 Å². The Bertz CT molecular complexity index is 1110. The molecule has 1 aromatic carbocycles. The van der Waals surface area contributed by atoms with Crippen molar-refractivity contribution in [1.82, 2.24) is 9.38 Å². The number of hydrogen-bond donors (Lipinski definition) is 0. The van der Waals surface area contributed by atoms with E-state index in [0.29, 0.717) is 28.5 Å². The monoisotopic (exact) mass is 382 g/mol. The van der Waals surface area contributed by atoms with Crippen LogP contribution in [0.4, 0.5) is 0 Å². The van der Waals surface area contributed by atoms with E-state index in [1.54, 1.807) is 36.5 Å². The minimum atomic E-state index is -0.635.